The molecule has 1 aliphatic rings. The molecule has 0 aromatic carbocycles. The molecule has 27 heavy (non-hydrogen) atoms. The van der Waals surface area contributed by atoms with Gasteiger partial charge in [-0.15, -0.1) is 11.3 Å². The molecule has 2 aromatic heterocycles. The summed E-state index contributed by atoms with van der Waals surface area (Å²) in [7, 11) is 4.06. The Labute approximate surface area is 165 Å². The number of hydrogen-bond acceptors (Lipinski definition) is 6. The standard InChI is InChI=1S/C20H29N5OS/c1-24(2)20-23-14-18(27-20)15-25-10-7-16(8-11-25)5-6-19(26)22-13-17-4-3-9-21-12-17/h3-4,9,12,14,16H,5-8,10-11,13,15H2,1-2H3,(H,22,26). The number of pyridine rings is 1. The normalized spacial score (nSPS) is 15.6. The van der Waals surface area contributed by atoms with Gasteiger partial charge in [-0.25, -0.2) is 4.98 Å². The Balaban J connectivity index is 1.32. The fourth-order valence-electron chi connectivity index (χ4n) is 3.36. The summed E-state index contributed by atoms with van der Waals surface area (Å²) in [5.41, 5.74) is 1.04. The van der Waals surface area contributed by atoms with E-state index in [9.17, 15) is 4.79 Å². The van der Waals surface area contributed by atoms with Crippen molar-refractivity contribution < 1.29 is 4.79 Å². The van der Waals surface area contributed by atoms with Crippen LogP contribution < -0.4 is 10.2 Å². The summed E-state index contributed by atoms with van der Waals surface area (Å²) < 4.78 is 0. The number of likely N-dealkylation sites (tertiary alicyclic amines) is 1. The van der Waals surface area contributed by atoms with E-state index in [-0.39, 0.29) is 5.91 Å². The van der Waals surface area contributed by atoms with Gasteiger partial charge in [-0.3, -0.25) is 14.7 Å². The average molecular weight is 388 g/mol. The predicted octanol–water partition coefficient (Wildman–Crippen LogP) is 2.91. The van der Waals surface area contributed by atoms with Gasteiger partial charge in [0.2, 0.25) is 5.91 Å². The highest BCUT2D eigenvalue weighted by Gasteiger charge is 2.20. The first kappa shape index (κ1) is 19.8. The number of aromatic nitrogens is 2. The summed E-state index contributed by atoms with van der Waals surface area (Å²) >= 11 is 1.77. The molecule has 1 saturated heterocycles. The Morgan fingerprint density at radius 3 is 2.81 bits per heavy atom. The molecule has 6 nitrogen and oxygen atoms in total. The van der Waals surface area contributed by atoms with Crippen LogP contribution in [0.5, 0.6) is 0 Å². The van der Waals surface area contributed by atoms with E-state index in [1.54, 1.807) is 23.7 Å². The number of carbonyl (C=O) groups is 1. The molecule has 146 valence electrons. The van der Waals surface area contributed by atoms with Gasteiger partial charge in [0, 0.05) is 57.1 Å². The van der Waals surface area contributed by atoms with Gasteiger partial charge < -0.3 is 10.2 Å². The lowest BCUT2D eigenvalue weighted by molar-refractivity contribution is -0.121. The first-order chi connectivity index (χ1) is 13.1. The highest BCUT2D eigenvalue weighted by Crippen LogP contribution is 2.26. The Kier molecular flexibility index (Phi) is 7.18. The van der Waals surface area contributed by atoms with Crippen molar-refractivity contribution in [1.82, 2.24) is 20.2 Å². The molecular formula is C20H29N5OS. The summed E-state index contributed by atoms with van der Waals surface area (Å²) in [5, 5.41) is 4.06. The number of rotatable bonds is 8. The number of amides is 1. The molecule has 0 radical (unpaired) electrons. The quantitative estimate of drug-likeness (QED) is 0.755. The van der Waals surface area contributed by atoms with E-state index in [1.165, 1.54) is 17.7 Å². The number of thiazole rings is 1. The summed E-state index contributed by atoms with van der Waals surface area (Å²) in [6.45, 7) is 3.77. The molecule has 0 spiro atoms. The van der Waals surface area contributed by atoms with Crippen LogP contribution in [0.3, 0.4) is 0 Å². The molecule has 0 atom stereocenters. The Bertz CT molecular complexity index is 710. The number of piperidine rings is 1. The van der Waals surface area contributed by atoms with Gasteiger partial charge in [-0.05, 0) is 49.9 Å². The molecule has 1 N–H and O–H groups in total. The highest BCUT2D eigenvalue weighted by molar-refractivity contribution is 7.15. The van der Waals surface area contributed by atoms with Gasteiger partial charge in [0.05, 0.1) is 0 Å². The maximum absolute atomic E-state index is 12.1. The van der Waals surface area contributed by atoms with Gasteiger partial charge in [-0.1, -0.05) is 6.07 Å². The van der Waals surface area contributed by atoms with E-state index >= 15 is 0 Å². The van der Waals surface area contributed by atoms with Gasteiger partial charge in [-0.2, -0.15) is 0 Å². The zero-order chi connectivity index (χ0) is 19.1. The van der Waals surface area contributed by atoms with E-state index in [4.69, 9.17) is 0 Å². The molecule has 1 fully saturated rings. The van der Waals surface area contributed by atoms with Crippen molar-refractivity contribution in [1.29, 1.82) is 0 Å². The number of anilines is 1. The summed E-state index contributed by atoms with van der Waals surface area (Å²) in [4.78, 5) is 26.5. The third kappa shape index (κ3) is 6.29. The lowest BCUT2D eigenvalue weighted by Gasteiger charge is -2.31. The number of nitrogens with one attached hydrogen (secondary N) is 1. The zero-order valence-corrected chi connectivity index (χ0v) is 17.0. The number of nitrogens with zero attached hydrogens (tertiary/aromatic N) is 4. The fraction of sp³-hybridized carbons (Fsp3) is 0.550. The van der Waals surface area contributed by atoms with E-state index in [1.807, 2.05) is 32.4 Å². The van der Waals surface area contributed by atoms with Crippen molar-refractivity contribution in [3.8, 4) is 0 Å². The highest BCUT2D eigenvalue weighted by atomic mass is 32.1. The first-order valence-electron chi connectivity index (χ1n) is 9.60. The van der Waals surface area contributed by atoms with Crippen LogP contribution in [0.25, 0.3) is 0 Å². The average Bonchev–Trinajstić information content (AvgIpc) is 3.15. The molecule has 7 heteroatoms. The molecule has 3 heterocycles. The van der Waals surface area contributed by atoms with Crippen LogP contribution in [0.15, 0.2) is 30.7 Å². The van der Waals surface area contributed by atoms with Crippen molar-refractivity contribution in [2.24, 2.45) is 5.92 Å². The maximum atomic E-state index is 12.1. The molecular weight excluding hydrogens is 358 g/mol. The van der Waals surface area contributed by atoms with Crippen LogP contribution in [0, 0.1) is 5.92 Å². The molecule has 3 rings (SSSR count). The van der Waals surface area contributed by atoms with Gasteiger partial charge >= 0.3 is 0 Å². The maximum Gasteiger partial charge on any atom is 0.220 e. The van der Waals surface area contributed by atoms with E-state index in [0.717, 1.165) is 36.8 Å². The first-order valence-corrected chi connectivity index (χ1v) is 10.4. The molecule has 0 saturated carbocycles. The fourth-order valence-corrected chi connectivity index (χ4v) is 4.23. The van der Waals surface area contributed by atoms with Crippen LogP contribution in [-0.2, 0) is 17.9 Å². The lowest BCUT2D eigenvalue weighted by Crippen LogP contribution is -2.33. The molecule has 0 bridgehead atoms. The molecule has 1 aliphatic heterocycles. The molecule has 0 unspecified atom stereocenters. The second-order valence-electron chi connectivity index (χ2n) is 7.40. The Hall–Kier alpha value is -1.99. The minimum atomic E-state index is 0.141. The van der Waals surface area contributed by atoms with Crippen molar-refractivity contribution in [3.05, 3.63) is 41.2 Å². The predicted molar refractivity (Wildman–Crippen MR) is 110 cm³/mol. The monoisotopic (exact) mass is 387 g/mol. The minimum absolute atomic E-state index is 0.141. The third-order valence-corrected chi connectivity index (χ3v) is 6.15. The van der Waals surface area contributed by atoms with E-state index in [0.29, 0.717) is 18.9 Å². The van der Waals surface area contributed by atoms with Crippen molar-refractivity contribution in [2.75, 3.05) is 32.1 Å². The van der Waals surface area contributed by atoms with Crippen molar-refractivity contribution in [2.45, 2.75) is 38.8 Å². The van der Waals surface area contributed by atoms with Crippen LogP contribution in [0.1, 0.15) is 36.1 Å². The SMILES string of the molecule is CN(C)c1ncc(CN2CCC(CCC(=O)NCc3cccnc3)CC2)s1. The second kappa shape index (κ2) is 9.80. The number of carbonyl (C=O) groups excluding carboxylic acids is 1. The summed E-state index contributed by atoms with van der Waals surface area (Å²) in [6, 6.07) is 3.87. The van der Waals surface area contributed by atoms with Crippen LogP contribution in [0.2, 0.25) is 0 Å². The lowest BCUT2D eigenvalue weighted by atomic mass is 9.92. The summed E-state index contributed by atoms with van der Waals surface area (Å²) in [5.74, 6) is 0.798. The third-order valence-electron chi connectivity index (χ3n) is 5.00. The van der Waals surface area contributed by atoms with Crippen LogP contribution in [0.4, 0.5) is 5.13 Å². The van der Waals surface area contributed by atoms with Gasteiger partial charge in [0.15, 0.2) is 5.13 Å². The van der Waals surface area contributed by atoms with E-state index < -0.39 is 0 Å². The molecule has 0 aliphatic carbocycles. The topological polar surface area (TPSA) is 61.4 Å². The smallest absolute Gasteiger partial charge is 0.220 e. The van der Waals surface area contributed by atoms with Crippen molar-refractivity contribution >= 4 is 22.4 Å². The van der Waals surface area contributed by atoms with Crippen LogP contribution >= 0.6 is 11.3 Å². The Morgan fingerprint density at radius 2 is 2.15 bits per heavy atom. The minimum Gasteiger partial charge on any atom is -0.354 e. The molecule has 2 aromatic rings. The summed E-state index contributed by atoms with van der Waals surface area (Å²) in [6.07, 6.45) is 9.49. The number of hydrogen-bond donors (Lipinski definition) is 1. The van der Waals surface area contributed by atoms with Crippen molar-refractivity contribution in [3.63, 3.8) is 0 Å². The van der Waals surface area contributed by atoms with Gasteiger partial charge in [0.1, 0.15) is 0 Å². The second-order valence-corrected chi connectivity index (χ2v) is 8.49. The van der Waals surface area contributed by atoms with Gasteiger partial charge in [0.25, 0.3) is 0 Å². The van der Waals surface area contributed by atoms with E-state index in [2.05, 4.69) is 25.1 Å². The largest absolute Gasteiger partial charge is 0.354 e. The zero-order valence-electron chi connectivity index (χ0n) is 16.2. The molecule has 1 amide bonds. The van der Waals surface area contributed by atoms with Crippen LogP contribution in [-0.4, -0.2) is 48.0 Å². The Morgan fingerprint density at radius 1 is 1.33 bits per heavy atom.